The Kier molecular flexibility index (Phi) is 8.31. The number of unbranched alkanes of at least 4 members (excludes halogenated alkanes) is 1. The molecule has 2 aromatic carbocycles. The average molecular weight is 483 g/mol. The number of nitrogens with one attached hydrogen (secondary N) is 1. The Labute approximate surface area is 204 Å². The molecular weight excluding hydrogens is 451 g/mol. The molecule has 186 valence electrons. The molecule has 35 heavy (non-hydrogen) atoms. The smallest absolute Gasteiger partial charge is 0.410 e. The summed E-state index contributed by atoms with van der Waals surface area (Å²) >= 11 is 0. The lowest BCUT2D eigenvalue weighted by atomic mass is 10.1. The quantitative estimate of drug-likeness (QED) is 0.333. The molecule has 2 heterocycles. The summed E-state index contributed by atoms with van der Waals surface area (Å²) in [5.74, 6) is 0.900. The standard InChI is InChI=1S/C26H31FN4O4/c1-2-3-12-28-26(33)34-21-10-11-22-24(18-21)35-29-25(22)31-16-14-30(15-17-31)13-4-5-23(32)19-6-8-20(27)9-7-19/h6-11,18H,2-5,12-17H2,1H3,(H,28,33). The highest BCUT2D eigenvalue weighted by Crippen LogP contribution is 2.30. The zero-order valence-corrected chi connectivity index (χ0v) is 20.0. The maximum atomic E-state index is 13.0. The van der Waals surface area contributed by atoms with Crippen LogP contribution in [0.2, 0.25) is 0 Å². The number of rotatable bonds is 10. The minimum absolute atomic E-state index is 0.0412. The molecule has 1 aliphatic rings. The number of benzene rings is 2. The molecule has 0 saturated carbocycles. The Hall–Kier alpha value is -3.46. The fourth-order valence-corrected chi connectivity index (χ4v) is 4.13. The molecule has 1 amide bonds. The topological polar surface area (TPSA) is 87.9 Å². The fraction of sp³-hybridized carbons (Fsp3) is 0.423. The van der Waals surface area contributed by atoms with Crippen molar-refractivity contribution in [2.75, 3.05) is 44.2 Å². The van der Waals surface area contributed by atoms with Gasteiger partial charge < -0.3 is 19.5 Å². The van der Waals surface area contributed by atoms with Crippen LogP contribution in [0.15, 0.2) is 47.0 Å². The lowest BCUT2D eigenvalue weighted by Crippen LogP contribution is -2.46. The van der Waals surface area contributed by atoms with Gasteiger partial charge in [0.1, 0.15) is 11.6 Å². The molecule has 1 saturated heterocycles. The van der Waals surface area contributed by atoms with Crippen molar-refractivity contribution in [2.45, 2.75) is 32.6 Å². The van der Waals surface area contributed by atoms with Crippen LogP contribution < -0.4 is 15.0 Å². The summed E-state index contributed by atoms with van der Waals surface area (Å²) in [6.07, 6.45) is 2.63. The Morgan fingerprint density at radius 1 is 1.09 bits per heavy atom. The number of anilines is 1. The number of carbonyl (C=O) groups excluding carboxylic acids is 2. The van der Waals surface area contributed by atoms with Crippen molar-refractivity contribution in [3.63, 3.8) is 0 Å². The normalized spacial score (nSPS) is 14.3. The van der Waals surface area contributed by atoms with Crippen LogP contribution in [0.3, 0.4) is 0 Å². The number of ketones is 1. The zero-order valence-electron chi connectivity index (χ0n) is 20.0. The third-order valence-corrected chi connectivity index (χ3v) is 6.15. The van der Waals surface area contributed by atoms with Crippen LogP contribution in [-0.2, 0) is 0 Å². The van der Waals surface area contributed by atoms with Crippen LogP contribution in [0.4, 0.5) is 15.0 Å². The van der Waals surface area contributed by atoms with Gasteiger partial charge >= 0.3 is 6.09 Å². The maximum Gasteiger partial charge on any atom is 0.412 e. The van der Waals surface area contributed by atoms with Gasteiger partial charge in [-0.25, -0.2) is 9.18 Å². The van der Waals surface area contributed by atoms with E-state index in [0.29, 0.717) is 29.9 Å². The second-order valence-electron chi connectivity index (χ2n) is 8.70. The van der Waals surface area contributed by atoms with E-state index in [9.17, 15) is 14.0 Å². The predicted molar refractivity (Wildman–Crippen MR) is 132 cm³/mol. The predicted octanol–water partition coefficient (Wildman–Crippen LogP) is 4.64. The molecule has 0 aliphatic carbocycles. The summed E-state index contributed by atoms with van der Waals surface area (Å²) in [5, 5.41) is 7.85. The van der Waals surface area contributed by atoms with E-state index in [0.717, 1.165) is 63.2 Å². The molecule has 0 atom stereocenters. The second-order valence-corrected chi connectivity index (χ2v) is 8.70. The number of ether oxygens (including phenoxy) is 1. The van der Waals surface area contributed by atoms with Crippen LogP contribution >= 0.6 is 0 Å². The molecule has 3 aromatic rings. The van der Waals surface area contributed by atoms with Gasteiger partial charge in [-0.05, 0) is 55.8 Å². The van der Waals surface area contributed by atoms with Crippen LogP contribution in [-0.4, -0.2) is 61.2 Å². The Morgan fingerprint density at radius 3 is 2.60 bits per heavy atom. The van der Waals surface area contributed by atoms with Gasteiger partial charge in [0, 0.05) is 50.8 Å². The van der Waals surface area contributed by atoms with Gasteiger partial charge in [-0.15, -0.1) is 0 Å². The molecule has 1 aromatic heterocycles. The number of Topliss-reactive ketones (excluding diaryl/α,β-unsaturated/α-hetero) is 1. The Bertz CT molecular complexity index is 1140. The summed E-state index contributed by atoms with van der Waals surface area (Å²) < 4.78 is 23.9. The molecule has 0 radical (unpaired) electrons. The van der Waals surface area contributed by atoms with Crippen LogP contribution in [0.25, 0.3) is 11.0 Å². The number of fused-ring (bicyclic) bond motifs is 1. The van der Waals surface area contributed by atoms with Gasteiger partial charge in [0.25, 0.3) is 0 Å². The van der Waals surface area contributed by atoms with E-state index in [1.54, 1.807) is 12.1 Å². The van der Waals surface area contributed by atoms with Crippen molar-refractivity contribution in [1.82, 2.24) is 15.4 Å². The lowest BCUT2D eigenvalue weighted by Gasteiger charge is -2.34. The molecular formula is C26H31FN4O4. The summed E-state index contributed by atoms with van der Waals surface area (Å²) in [4.78, 5) is 28.7. The molecule has 1 fully saturated rings. The molecule has 0 bridgehead atoms. The van der Waals surface area contributed by atoms with Crippen molar-refractivity contribution in [3.8, 4) is 5.75 Å². The van der Waals surface area contributed by atoms with Crippen LogP contribution in [0.1, 0.15) is 43.0 Å². The first-order valence-electron chi connectivity index (χ1n) is 12.1. The van der Waals surface area contributed by atoms with Crippen molar-refractivity contribution >= 4 is 28.7 Å². The Morgan fingerprint density at radius 2 is 1.86 bits per heavy atom. The maximum absolute atomic E-state index is 13.0. The number of aromatic nitrogens is 1. The van der Waals surface area contributed by atoms with E-state index < -0.39 is 6.09 Å². The first-order valence-corrected chi connectivity index (χ1v) is 12.1. The molecule has 8 nitrogen and oxygen atoms in total. The minimum atomic E-state index is -0.479. The highest BCUT2D eigenvalue weighted by Gasteiger charge is 2.22. The van der Waals surface area contributed by atoms with Crippen molar-refractivity contribution in [1.29, 1.82) is 0 Å². The van der Waals surface area contributed by atoms with E-state index in [-0.39, 0.29) is 11.6 Å². The van der Waals surface area contributed by atoms with Gasteiger partial charge in [0.2, 0.25) is 0 Å². The number of carbonyl (C=O) groups is 2. The second kappa shape index (κ2) is 11.8. The Balaban J connectivity index is 1.24. The third-order valence-electron chi connectivity index (χ3n) is 6.15. The first kappa shape index (κ1) is 24.7. The van der Waals surface area contributed by atoms with Gasteiger partial charge in [0.15, 0.2) is 17.2 Å². The van der Waals surface area contributed by atoms with E-state index in [1.165, 1.54) is 24.3 Å². The summed E-state index contributed by atoms with van der Waals surface area (Å²) in [7, 11) is 0. The van der Waals surface area contributed by atoms with Crippen molar-refractivity contribution in [2.24, 2.45) is 0 Å². The fourth-order valence-electron chi connectivity index (χ4n) is 4.13. The lowest BCUT2D eigenvalue weighted by molar-refractivity contribution is 0.0974. The SMILES string of the molecule is CCCCNC(=O)Oc1ccc2c(N3CCN(CCCC(=O)c4ccc(F)cc4)CC3)noc2c1. The molecule has 1 aliphatic heterocycles. The average Bonchev–Trinajstić information content (AvgIpc) is 3.28. The molecule has 0 unspecified atom stereocenters. The molecule has 0 spiro atoms. The van der Waals surface area contributed by atoms with Gasteiger partial charge in [-0.3, -0.25) is 9.69 Å². The summed E-state index contributed by atoms with van der Waals surface area (Å²) in [5.41, 5.74) is 1.13. The van der Waals surface area contributed by atoms with Gasteiger partial charge in [0.05, 0.1) is 5.39 Å². The van der Waals surface area contributed by atoms with Crippen molar-refractivity contribution < 1.29 is 23.2 Å². The summed E-state index contributed by atoms with van der Waals surface area (Å²) in [6, 6.07) is 11.0. The molecule has 1 N–H and O–H groups in total. The van der Waals surface area contributed by atoms with E-state index in [1.807, 2.05) is 6.07 Å². The zero-order chi connectivity index (χ0) is 24.6. The highest BCUT2D eigenvalue weighted by molar-refractivity contribution is 5.96. The minimum Gasteiger partial charge on any atom is -0.410 e. The van der Waals surface area contributed by atoms with E-state index in [2.05, 4.69) is 27.2 Å². The number of amides is 1. The first-order chi connectivity index (χ1) is 17.0. The number of hydrogen-bond donors (Lipinski definition) is 1. The number of piperazine rings is 1. The molecule has 9 heteroatoms. The van der Waals surface area contributed by atoms with E-state index >= 15 is 0 Å². The van der Waals surface area contributed by atoms with Gasteiger partial charge in [-0.2, -0.15) is 0 Å². The van der Waals surface area contributed by atoms with Crippen LogP contribution in [0, 0.1) is 5.82 Å². The summed E-state index contributed by atoms with van der Waals surface area (Å²) in [6.45, 7) is 6.79. The van der Waals surface area contributed by atoms with Crippen molar-refractivity contribution in [3.05, 3.63) is 53.8 Å². The highest BCUT2D eigenvalue weighted by atomic mass is 19.1. The van der Waals surface area contributed by atoms with E-state index in [4.69, 9.17) is 9.26 Å². The van der Waals surface area contributed by atoms with Crippen LogP contribution in [0.5, 0.6) is 5.75 Å². The number of nitrogens with zero attached hydrogens (tertiary/aromatic N) is 3. The number of halogens is 1. The third kappa shape index (κ3) is 6.57. The largest absolute Gasteiger partial charge is 0.412 e. The molecule has 4 rings (SSSR count). The number of hydrogen-bond acceptors (Lipinski definition) is 7. The van der Waals surface area contributed by atoms with Gasteiger partial charge in [-0.1, -0.05) is 18.5 Å². The monoisotopic (exact) mass is 482 g/mol.